The molecule has 36 heavy (non-hydrogen) atoms. The van der Waals surface area contributed by atoms with E-state index >= 15 is 0 Å². The van der Waals surface area contributed by atoms with E-state index in [4.69, 9.17) is 23.6 Å². The van der Waals surface area contributed by atoms with Crippen LogP contribution in [0.5, 0.6) is 17.2 Å². The van der Waals surface area contributed by atoms with Gasteiger partial charge < -0.3 is 18.6 Å². The van der Waals surface area contributed by atoms with Crippen LogP contribution in [0.15, 0.2) is 71.1 Å². The number of hydrogen-bond acceptors (Lipinski definition) is 6. The van der Waals surface area contributed by atoms with Crippen molar-refractivity contribution in [1.29, 1.82) is 0 Å². The molecule has 2 aliphatic heterocycles. The summed E-state index contributed by atoms with van der Waals surface area (Å²) in [5, 5.41) is 0. The van der Waals surface area contributed by atoms with Crippen molar-refractivity contribution in [2.45, 2.75) is 32.9 Å². The molecule has 1 saturated heterocycles. The number of hydrogen-bond donors (Lipinski definition) is 0. The third-order valence-corrected chi connectivity index (χ3v) is 6.84. The minimum absolute atomic E-state index is 0.269. The summed E-state index contributed by atoms with van der Waals surface area (Å²) in [6, 6.07) is 22.4. The van der Waals surface area contributed by atoms with Crippen LogP contribution in [0.3, 0.4) is 0 Å². The minimum atomic E-state index is 0.269. The van der Waals surface area contributed by atoms with E-state index in [0.717, 1.165) is 70.6 Å². The summed E-state index contributed by atoms with van der Waals surface area (Å²) in [4.78, 5) is 7.28. The lowest BCUT2D eigenvalue weighted by atomic mass is 9.99. The molecule has 0 saturated carbocycles. The molecule has 184 valence electrons. The quantitative estimate of drug-likeness (QED) is 0.310. The van der Waals surface area contributed by atoms with Gasteiger partial charge in [0.1, 0.15) is 30.4 Å². The zero-order valence-electron chi connectivity index (χ0n) is 20.5. The average Bonchev–Trinajstić information content (AvgIpc) is 3.58. The normalized spacial score (nSPS) is 15.2. The van der Waals surface area contributed by atoms with Gasteiger partial charge in [-0.2, -0.15) is 0 Å². The fourth-order valence-electron chi connectivity index (χ4n) is 4.97. The fourth-order valence-corrected chi connectivity index (χ4v) is 4.97. The van der Waals surface area contributed by atoms with Gasteiger partial charge in [-0.1, -0.05) is 48.5 Å². The van der Waals surface area contributed by atoms with Crippen LogP contribution in [0, 0.1) is 6.92 Å². The van der Waals surface area contributed by atoms with Gasteiger partial charge in [-0.05, 0) is 67.7 Å². The standard InChI is InChI=1S/C30H30N2O4/c1-21-24(23-12-13-26-27(18-23)34-17-16-33-26)10-7-11-25(21)35-20-29-31-30(22-8-3-2-4-9-22)28(36-29)19-32-14-5-6-15-32/h2-4,7-13,18H,5-6,14-17,19-20H2,1H3. The van der Waals surface area contributed by atoms with Crippen LogP contribution < -0.4 is 14.2 Å². The molecule has 0 aliphatic carbocycles. The Morgan fingerprint density at radius 2 is 1.67 bits per heavy atom. The van der Waals surface area contributed by atoms with Gasteiger partial charge >= 0.3 is 0 Å². The van der Waals surface area contributed by atoms with Crippen LogP contribution in [0.4, 0.5) is 0 Å². The summed E-state index contributed by atoms with van der Waals surface area (Å²) >= 11 is 0. The van der Waals surface area contributed by atoms with Crippen LogP contribution in [-0.2, 0) is 13.2 Å². The van der Waals surface area contributed by atoms with Gasteiger partial charge in [-0.25, -0.2) is 4.98 Å². The largest absolute Gasteiger partial charge is 0.486 e. The highest BCUT2D eigenvalue weighted by Gasteiger charge is 2.21. The number of oxazole rings is 1. The minimum Gasteiger partial charge on any atom is -0.486 e. The molecule has 1 aromatic heterocycles. The van der Waals surface area contributed by atoms with E-state index in [-0.39, 0.29) is 6.61 Å². The second-order valence-electron chi connectivity index (χ2n) is 9.30. The molecule has 0 spiro atoms. The maximum Gasteiger partial charge on any atom is 0.233 e. The van der Waals surface area contributed by atoms with Crippen molar-refractivity contribution in [3.05, 3.63) is 83.9 Å². The Labute approximate surface area is 211 Å². The molecule has 0 bridgehead atoms. The summed E-state index contributed by atoms with van der Waals surface area (Å²) in [5.74, 6) is 3.87. The molecular weight excluding hydrogens is 452 g/mol. The van der Waals surface area contributed by atoms with Crippen LogP contribution in [0.2, 0.25) is 0 Å². The first kappa shape index (κ1) is 22.7. The van der Waals surface area contributed by atoms with Crippen LogP contribution >= 0.6 is 0 Å². The summed E-state index contributed by atoms with van der Waals surface area (Å²) < 4.78 is 24.0. The van der Waals surface area contributed by atoms with Crippen LogP contribution in [0.25, 0.3) is 22.4 Å². The average molecular weight is 483 g/mol. The van der Waals surface area contributed by atoms with E-state index in [1.165, 1.54) is 12.8 Å². The van der Waals surface area contributed by atoms with Crippen molar-refractivity contribution in [1.82, 2.24) is 9.88 Å². The molecular formula is C30H30N2O4. The molecule has 6 heteroatoms. The fraction of sp³-hybridized carbons (Fsp3) is 0.300. The Hall–Kier alpha value is -3.77. The highest BCUT2D eigenvalue weighted by Crippen LogP contribution is 2.37. The number of aromatic nitrogens is 1. The lowest BCUT2D eigenvalue weighted by molar-refractivity contribution is 0.171. The maximum atomic E-state index is 6.26. The molecule has 0 atom stereocenters. The predicted octanol–water partition coefficient (Wildman–Crippen LogP) is 6.26. The molecule has 3 aromatic carbocycles. The van der Waals surface area contributed by atoms with Crippen molar-refractivity contribution >= 4 is 0 Å². The highest BCUT2D eigenvalue weighted by atomic mass is 16.6. The van der Waals surface area contributed by atoms with Crippen molar-refractivity contribution in [2.75, 3.05) is 26.3 Å². The van der Waals surface area contributed by atoms with E-state index < -0.39 is 0 Å². The lowest BCUT2D eigenvalue weighted by Crippen LogP contribution is -2.18. The predicted molar refractivity (Wildman–Crippen MR) is 138 cm³/mol. The zero-order chi connectivity index (χ0) is 24.3. The third kappa shape index (κ3) is 4.69. The van der Waals surface area contributed by atoms with E-state index in [1.54, 1.807) is 0 Å². The zero-order valence-corrected chi connectivity index (χ0v) is 20.5. The van der Waals surface area contributed by atoms with Gasteiger partial charge in [0.05, 0.1) is 6.54 Å². The van der Waals surface area contributed by atoms with E-state index in [1.807, 2.05) is 42.5 Å². The molecule has 0 amide bonds. The number of fused-ring (bicyclic) bond motifs is 1. The molecule has 0 unspecified atom stereocenters. The smallest absolute Gasteiger partial charge is 0.233 e. The summed E-state index contributed by atoms with van der Waals surface area (Å²) in [6.07, 6.45) is 2.48. The molecule has 6 nitrogen and oxygen atoms in total. The Bertz CT molecular complexity index is 1340. The molecule has 4 aromatic rings. The monoisotopic (exact) mass is 482 g/mol. The Balaban J connectivity index is 1.24. The molecule has 6 rings (SSSR count). The second-order valence-corrected chi connectivity index (χ2v) is 9.30. The van der Waals surface area contributed by atoms with Gasteiger partial charge in [0.15, 0.2) is 18.1 Å². The summed E-state index contributed by atoms with van der Waals surface area (Å²) in [6.45, 7) is 6.48. The number of benzene rings is 3. The van der Waals surface area contributed by atoms with Crippen molar-refractivity contribution in [3.8, 4) is 39.6 Å². The van der Waals surface area contributed by atoms with Gasteiger partial charge in [-0.15, -0.1) is 0 Å². The van der Waals surface area contributed by atoms with Gasteiger partial charge in [0.25, 0.3) is 0 Å². The summed E-state index contributed by atoms with van der Waals surface area (Å²) in [5.41, 5.74) is 5.19. The highest BCUT2D eigenvalue weighted by molar-refractivity contribution is 5.72. The van der Waals surface area contributed by atoms with Crippen molar-refractivity contribution < 1.29 is 18.6 Å². The molecule has 2 aliphatic rings. The topological polar surface area (TPSA) is 57.0 Å². The van der Waals surface area contributed by atoms with E-state index in [2.05, 4.69) is 36.1 Å². The van der Waals surface area contributed by atoms with Crippen molar-refractivity contribution in [2.24, 2.45) is 0 Å². The summed E-state index contributed by atoms with van der Waals surface area (Å²) in [7, 11) is 0. The SMILES string of the molecule is Cc1c(OCc2nc(-c3ccccc3)c(CN3CCCC3)o2)cccc1-c1ccc2c(c1)OCCO2. The number of nitrogens with zero attached hydrogens (tertiary/aromatic N) is 2. The Morgan fingerprint density at radius 3 is 2.50 bits per heavy atom. The maximum absolute atomic E-state index is 6.26. The van der Waals surface area contributed by atoms with E-state index in [9.17, 15) is 0 Å². The molecule has 1 fully saturated rings. The third-order valence-electron chi connectivity index (χ3n) is 6.84. The van der Waals surface area contributed by atoms with E-state index in [0.29, 0.717) is 19.1 Å². The Morgan fingerprint density at radius 1 is 0.861 bits per heavy atom. The number of likely N-dealkylation sites (tertiary alicyclic amines) is 1. The first-order chi connectivity index (χ1) is 17.7. The van der Waals surface area contributed by atoms with Crippen LogP contribution in [0.1, 0.15) is 30.1 Å². The number of rotatable bonds is 7. The van der Waals surface area contributed by atoms with Crippen molar-refractivity contribution in [3.63, 3.8) is 0 Å². The number of ether oxygens (including phenoxy) is 3. The molecule has 3 heterocycles. The molecule has 0 radical (unpaired) electrons. The van der Waals surface area contributed by atoms with Gasteiger partial charge in [0.2, 0.25) is 5.89 Å². The van der Waals surface area contributed by atoms with Gasteiger partial charge in [0, 0.05) is 5.56 Å². The first-order valence-corrected chi connectivity index (χ1v) is 12.6. The molecule has 0 N–H and O–H groups in total. The lowest BCUT2D eigenvalue weighted by Gasteiger charge is -2.19. The van der Waals surface area contributed by atoms with Crippen LogP contribution in [-0.4, -0.2) is 36.2 Å². The van der Waals surface area contributed by atoms with Gasteiger partial charge in [-0.3, -0.25) is 4.90 Å². The second kappa shape index (κ2) is 10.1. The first-order valence-electron chi connectivity index (χ1n) is 12.6. The Kier molecular flexibility index (Phi) is 6.35.